The molecule has 1 aromatic heterocycles. The molecule has 3 aromatic rings. The number of hydrogen-bond donors (Lipinski definition) is 1. The number of carbonyl (C=O) groups is 1. The molecule has 140 valence electrons. The van der Waals surface area contributed by atoms with Crippen LogP contribution in [0.25, 0.3) is 11.3 Å². The Balaban J connectivity index is 1.37. The van der Waals surface area contributed by atoms with Crippen LogP contribution in [0.1, 0.15) is 18.4 Å². The smallest absolute Gasteiger partial charge is 0.220 e. The fraction of sp³-hybridized carbons (Fsp3) is 0.227. The number of nitrogens with one attached hydrogen (secondary N) is 1. The van der Waals surface area contributed by atoms with Gasteiger partial charge in [-0.15, -0.1) is 11.8 Å². The summed E-state index contributed by atoms with van der Waals surface area (Å²) in [7, 11) is 0. The minimum absolute atomic E-state index is 0.0604. The van der Waals surface area contributed by atoms with E-state index in [1.54, 1.807) is 30.2 Å². The van der Waals surface area contributed by atoms with E-state index in [0.717, 1.165) is 40.4 Å². The summed E-state index contributed by atoms with van der Waals surface area (Å²) in [4.78, 5) is 13.0. The normalized spacial score (nSPS) is 10.7. The highest BCUT2D eigenvalue weighted by Gasteiger charge is 2.07. The SMILES string of the molecule is O=C(CCCSc1ccc(F)cc1)NCCc1ccccc1-c1ccco1. The van der Waals surface area contributed by atoms with Gasteiger partial charge < -0.3 is 9.73 Å². The summed E-state index contributed by atoms with van der Waals surface area (Å²) < 4.78 is 18.3. The number of amides is 1. The molecule has 1 heterocycles. The highest BCUT2D eigenvalue weighted by atomic mass is 32.2. The van der Waals surface area contributed by atoms with Crippen LogP contribution in [0, 0.1) is 5.82 Å². The molecule has 0 fully saturated rings. The summed E-state index contributed by atoms with van der Waals surface area (Å²) in [5, 5.41) is 2.98. The topological polar surface area (TPSA) is 42.2 Å². The molecule has 1 N–H and O–H groups in total. The first-order valence-electron chi connectivity index (χ1n) is 8.99. The summed E-state index contributed by atoms with van der Waals surface area (Å²) in [6.45, 7) is 0.599. The van der Waals surface area contributed by atoms with Gasteiger partial charge in [-0.05, 0) is 60.6 Å². The largest absolute Gasteiger partial charge is 0.464 e. The van der Waals surface area contributed by atoms with Crippen molar-refractivity contribution in [1.29, 1.82) is 0 Å². The monoisotopic (exact) mass is 383 g/mol. The second-order valence-corrected chi connectivity index (χ2v) is 7.31. The maximum Gasteiger partial charge on any atom is 0.220 e. The van der Waals surface area contributed by atoms with E-state index in [4.69, 9.17) is 4.42 Å². The van der Waals surface area contributed by atoms with E-state index in [2.05, 4.69) is 11.4 Å². The predicted octanol–water partition coefficient (Wildman–Crippen LogP) is 5.32. The van der Waals surface area contributed by atoms with E-state index in [9.17, 15) is 9.18 Å². The first-order chi connectivity index (χ1) is 13.2. The molecular weight excluding hydrogens is 361 g/mol. The third-order valence-electron chi connectivity index (χ3n) is 4.15. The Kier molecular flexibility index (Phi) is 7.11. The highest BCUT2D eigenvalue weighted by molar-refractivity contribution is 7.99. The van der Waals surface area contributed by atoms with Gasteiger partial charge in [0, 0.05) is 23.4 Å². The summed E-state index contributed by atoms with van der Waals surface area (Å²) in [5.41, 5.74) is 2.21. The van der Waals surface area contributed by atoms with Crippen LogP contribution in [0.2, 0.25) is 0 Å². The molecule has 1 amide bonds. The summed E-state index contributed by atoms with van der Waals surface area (Å²) in [5.74, 6) is 1.51. The van der Waals surface area contributed by atoms with Gasteiger partial charge in [-0.1, -0.05) is 24.3 Å². The Morgan fingerprint density at radius 3 is 2.63 bits per heavy atom. The third kappa shape index (κ3) is 6.00. The number of furan rings is 1. The average molecular weight is 383 g/mol. The van der Waals surface area contributed by atoms with Crippen molar-refractivity contribution in [3.05, 3.63) is 78.3 Å². The van der Waals surface area contributed by atoms with Crippen LogP contribution in [0.3, 0.4) is 0 Å². The van der Waals surface area contributed by atoms with Crippen molar-refractivity contribution in [2.75, 3.05) is 12.3 Å². The first-order valence-corrected chi connectivity index (χ1v) is 9.98. The minimum atomic E-state index is -0.229. The summed E-state index contributed by atoms with van der Waals surface area (Å²) in [6.07, 6.45) is 3.70. The Morgan fingerprint density at radius 1 is 1.04 bits per heavy atom. The minimum Gasteiger partial charge on any atom is -0.464 e. The number of carbonyl (C=O) groups excluding carboxylic acids is 1. The average Bonchev–Trinajstić information content (AvgIpc) is 3.22. The lowest BCUT2D eigenvalue weighted by atomic mass is 10.0. The molecule has 0 spiro atoms. The molecule has 27 heavy (non-hydrogen) atoms. The molecule has 0 saturated heterocycles. The molecule has 3 rings (SSSR count). The van der Waals surface area contributed by atoms with Gasteiger partial charge in [0.05, 0.1) is 6.26 Å². The molecule has 0 bridgehead atoms. The quantitative estimate of drug-likeness (QED) is 0.402. The van der Waals surface area contributed by atoms with E-state index in [0.29, 0.717) is 13.0 Å². The lowest BCUT2D eigenvalue weighted by Gasteiger charge is -2.09. The van der Waals surface area contributed by atoms with Crippen LogP contribution in [0.5, 0.6) is 0 Å². The number of halogens is 1. The van der Waals surface area contributed by atoms with Gasteiger partial charge >= 0.3 is 0 Å². The van der Waals surface area contributed by atoms with E-state index in [1.165, 1.54) is 12.1 Å². The maximum absolute atomic E-state index is 12.9. The molecule has 0 saturated carbocycles. The van der Waals surface area contributed by atoms with Crippen molar-refractivity contribution in [2.24, 2.45) is 0 Å². The van der Waals surface area contributed by atoms with Gasteiger partial charge in [-0.3, -0.25) is 4.79 Å². The van der Waals surface area contributed by atoms with E-state index in [-0.39, 0.29) is 11.7 Å². The molecule has 5 heteroatoms. The van der Waals surface area contributed by atoms with E-state index < -0.39 is 0 Å². The lowest BCUT2D eigenvalue weighted by molar-refractivity contribution is -0.121. The molecule has 0 aliphatic rings. The number of hydrogen-bond acceptors (Lipinski definition) is 3. The van der Waals surface area contributed by atoms with Gasteiger partial charge in [0.1, 0.15) is 11.6 Å². The zero-order chi connectivity index (χ0) is 18.9. The van der Waals surface area contributed by atoms with Gasteiger partial charge in [-0.25, -0.2) is 4.39 Å². The van der Waals surface area contributed by atoms with E-state index >= 15 is 0 Å². The molecule has 0 aliphatic carbocycles. The zero-order valence-corrected chi connectivity index (χ0v) is 15.8. The van der Waals surface area contributed by atoms with E-state index in [1.807, 2.05) is 30.3 Å². The van der Waals surface area contributed by atoms with Crippen LogP contribution in [-0.2, 0) is 11.2 Å². The van der Waals surface area contributed by atoms with Crippen LogP contribution in [0.4, 0.5) is 4.39 Å². The standard InChI is InChI=1S/C22H22FNO2S/c23-18-9-11-19(12-10-18)27-16-4-8-22(25)24-14-13-17-5-1-2-6-20(17)21-7-3-15-26-21/h1-3,5-7,9-12,15H,4,8,13-14,16H2,(H,24,25). The lowest BCUT2D eigenvalue weighted by Crippen LogP contribution is -2.25. The van der Waals surface area contributed by atoms with Gasteiger partial charge in [0.2, 0.25) is 5.91 Å². The molecule has 0 atom stereocenters. The van der Waals surface area contributed by atoms with Gasteiger partial charge in [0.15, 0.2) is 0 Å². The van der Waals surface area contributed by atoms with Crippen LogP contribution < -0.4 is 5.32 Å². The molecule has 0 aliphatic heterocycles. The third-order valence-corrected chi connectivity index (χ3v) is 5.25. The van der Waals surface area contributed by atoms with Gasteiger partial charge in [-0.2, -0.15) is 0 Å². The molecule has 2 aromatic carbocycles. The molecular formula is C22H22FNO2S. The van der Waals surface area contributed by atoms with Gasteiger partial charge in [0.25, 0.3) is 0 Å². The van der Waals surface area contributed by atoms with Crippen molar-refractivity contribution >= 4 is 17.7 Å². The van der Waals surface area contributed by atoms with Crippen LogP contribution in [-0.4, -0.2) is 18.2 Å². The molecule has 0 unspecified atom stereocenters. The highest BCUT2D eigenvalue weighted by Crippen LogP contribution is 2.24. The Hall–Kier alpha value is -2.53. The molecule has 3 nitrogen and oxygen atoms in total. The fourth-order valence-electron chi connectivity index (χ4n) is 2.79. The Bertz CT molecular complexity index is 847. The van der Waals surface area contributed by atoms with Crippen molar-refractivity contribution in [2.45, 2.75) is 24.2 Å². The Labute approximate surface area is 163 Å². The Morgan fingerprint density at radius 2 is 1.85 bits per heavy atom. The summed E-state index contributed by atoms with van der Waals surface area (Å²) in [6, 6.07) is 18.3. The second-order valence-electron chi connectivity index (χ2n) is 6.14. The summed E-state index contributed by atoms with van der Waals surface area (Å²) >= 11 is 1.64. The van der Waals surface area contributed by atoms with Crippen molar-refractivity contribution in [1.82, 2.24) is 5.32 Å². The number of thioether (sulfide) groups is 1. The van der Waals surface area contributed by atoms with Crippen molar-refractivity contribution in [3.63, 3.8) is 0 Å². The maximum atomic E-state index is 12.9. The van der Waals surface area contributed by atoms with Crippen LogP contribution >= 0.6 is 11.8 Å². The number of benzene rings is 2. The van der Waals surface area contributed by atoms with Crippen molar-refractivity contribution in [3.8, 4) is 11.3 Å². The van der Waals surface area contributed by atoms with Crippen molar-refractivity contribution < 1.29 is 13.6 Å². The second kappa shape index (κ2) is 9.97. The zero-order valence-electron chi connectivity index (χ0n) is 15.0. The predicted molar refractivity (Wildman–Crippen MR) is 107 cm³/mol. The fourth-order valence-corrected chi connectivity index (χ4v) is 3.64. The molecule has 0 radical (unpaired) electrons. The van der Waals surface area contributed by atoms with Crippen LogP contribution in [0.15, 0.2) is 76.2 Å². The number of rotatable bonds is 9. The first kappa shape index (κ1) is 19.2.